The van der Waals surface area contributed by atoms with Gasteiger partial charge in [-0.3, -0.25) is 9.97 Å². The SMILES string of the molecule is CC.CC.CC(C)Cc1cccc(CC(C)C)n1.CCC(C)C.CCC(C)C.c1ccncc1. The van der Waals surface area contributed by atoms with E-state index in [-0.39, 0.29) is 0 Å². The molecular weight excluding hydrogens is 412 g/mol. The van der Waals surface area contributed by atoms with Crippen LogP contribution in [0.25, 0.3) is 0 Å². The third kappa shape index (κ3) is 37.6. The first-order valence-corrected chi connectivity index (χ1v) is 13.9. The van der Waals surface area contributed by atoms with E-state index in [0.29, 0.717) is 11.8 Å². The molecule has 200 valence electrons. The first-order chi connectivity index (χ1) is 16.1. The lowest BCUT2D eigenvalue weighted by Gasteiger charge is -2.08. The molecule has 0 saturated heterocycles. The molecule has 0 N–H and O–H groups in total. The van der Waals surface area contributed by atoms with Crippen LogP contribution in [-0.4, -0.2) is 9.97 Å². The van der Waals surface area contributed by atoms with Gasteiger partial charge >= 0.3 is 0 Å². The second-order valence-electron chi connectivity index (χ2n) is 9.44. The third-order valence-electron chi connectivity index (χ3n) is 4.30. The highest BCUT2D eigenvalue weighted by Gasteiger charge is 2.02. The smallest absolute Gasteiger partial charge is 0.0409 e. The maximum Gasteiger partial charge on any atom is 0.0409 e. The molecule has 2 nitrogen and oxygen atoms in total. The minimum atomic E-state index is 0.691. The fourth-order valence-electron chi connectivity index (χ4n) is 1.91. The summed E-state index contributed by atoms with van der Waals surface area (Å²) in [4.78, 5) is 8.44. The molecule has 2 aromatic heterocycles. The summed E-state index contributed by atoms with van der Waals surface area (Å²) in [5.74, 6) is 3.15. The van der Waals surface area contributed by atoms with Crippen molar-refractivity contribution in [3.05, 3.63) is 60.2 Å². The highest BCUT2D eigenvalue weighted by molar-refractivity contribution is 5.12. The predicted molar refractivity (Wildman–Crippen MR) is 159 cm³/mol. The molecule has 2 aromatic rings. The minimum absolute atomic E-state index is 0.691. The van der Waals surface area contributed by atoms with Crippen LogP contribution in [0.2, 0.25) is 0 Å². The van der Waals surface area contributed by atoms with Crippen LogP contribution >= 0.6 is 0 Å². The van der Waals surface area contributed by atoms with Gasteiger partial charge in [0.25, 0.3) is 0 Å². The first-order valence-electron chi connectivity index (χ1n) is 13.9. The molecule has 0 aliphatic carbocycles. The van der Waals surface area contributed by atoms with E-state index >= 15 is 0 Å². The summed E-state index contributed by atoms with van der Waals surface area (Å²) in [7, 11) is 0. The summed E-state index contributed by atoms with van der Waals surface area (Å²) in [6, 6.07) is 12.1. The Kier molecular flexibility index (Phi) is 36.4. The van der Waals surface area contributed by atoms with Crippen LogP contribution in [0.15, 0.2) is 48.8 Å². The Morgan fingerprint density at radius 1 is 0.529 bits per heavy atom. The molecule has 0 aromatic carbocycles. The van der Waals surface area contributed by atoms with Gasteiger partial charge in [-0.05, 0) is 60.8 Å². The Morgan fingerprint density at radius 3 is 1.03 bits per heavy atom. The second-order valence-corrected chi connectivity index (χ2v) is 9.44. The van der Waals surface area contributed by atoms with Crippen LogP contribution < -0.4 is 0 Å². The van der Waals surface area contributed by atoms with Crippen LogP contribution in [0.4, 0.5) is 0 Å². The minimum Gasteiger partial charge on any atom is -0.265 e. The monoisotopic (exact) mass is 474 g/mol. The second kappa shape index (κ2) is 31.3. The average Bonchev–Trinajstić information content (AvgIpc) is 2.83. The van der Waals surface area contributed by atoms with Gasteiger partial charge in [-0.15, -0.1) is 0 Å². The lowest BCUT2D eigenvalue weighted by molar-refractivity contribution is 0.613. The van der Waals surface area contributed by atoms with E-state index in [1.54, 1.807) is 12.4 Å². The van der Waals surface area contributed by atoms with Gasteiger partial charge in [-0.1, -0.05) is 122 Å². The highest BCUT2D eigenvalue weighted by Crippen LogP contribution is 2.09. The molecular formula is C32H62N2. The predicted octanol–water partition coefficient (Wildman–Crippen LogP) is 10.7. The summed E-state index contributed by atoms with van der Waals surface area (Å²) in [6.07, 6.45) is 8.29. The topological polar surface area (TPSA) is 25.8 Å². The standard InChI is InChI=1S/C13H21N.C5H5N.2C5H12.2C2H6/c1-10(2)8-12-6-5-7-13(14-12)9-11(3)4;1-2-4-6-5-3-1;2*1-4-5(2)3;2*1-2/h5-7,10-11H,8-9H2,1-4H3;1-5H;2*5H,4H2,1-3H3;2*1-2H3. The van der Waals surface area contributed by atoms with Crippen molar-refractivity contribution in [2.75, 3.05) is 0 Å². The van der Waals surface area contributed by atoms with Gasteiger partial charge in [0.15, 0.2) is 0 Å². The zero-order valence-electron chi connectivity index (χ0n) is 25.7. The molecule has 0 aliphatic rings. The molecule has 2 heteroatoms. The summed E-state index contributed by atoms with van der Waals surface area (Å²) in [5.41, 5.74) is 2.47. The van der Waals surface area contributed by atoms with Crippen molar-refractivity contribution >= 4 is 0 Å². The van der Waals surface area contributed by atoms with Crippen LogP contribution in [0.1, 0.15) is 121 Å². The lowest BCUT2D eigenvalue weighted by atomic mass is 10.0. The van der Waals surface area contributed by atoms with Crippen molar-refractivity contribution in [1.82, 2.24) is 9.97 Å². The van der Waals surface area contributed by atoms with Crippen molar-refractivity contribution < 1.29 is 0 Å². The Labute approximate surface area is 216 Å². The Balaban J connectivity index is -0.000000188. The molecule has 0 atom stereocenters. The van der Waals surface area contributed by atoms with Crippen LogP contribution in [0.3, 0.4) is 0 Å². The zero-order valence-corrected chi connectivity index (χ0v) is 25.7. The number of rotatable bonds is 6. The van der Waals surface area contributed by atoms with E-state index in [2.05, 4.69) is 97.4 Å². The van der Waals surface area contributed by atoms with Gasteiger partial charge in [0, 0.05) is 23.8 Å². The molecule has 2 heterocycles. The van der Waals surface area contributed by atoms with E-state index in [9.17, 15) is 0 Å². The molecule has 34 heavy (non-hydrogen) atoms. The van der Waals surface area contributed by atoms with E-state index in [1.165, 1.54) is 24.2 Å². The molecule has 0 amide bonds. The van der Waals surface area contributed by atoms with Gasteiger partial charge in [0.1, 0.15) is 0 Å². The largest absolute Gasteiger partial charge is 0.265 e. The molecule has 0 unspecified atom stereocenters. The summed E-state index contributed by atoms with van der Waals surface area (Å²) in [5, 5.41) is 0. The molecule has 0 bridgehead atoms. The van der Waals surface area contributed by atoms with E-state index in [1.807, 2.05) is 45.9 Å². The van der Waals surface area contributed by atoms with E-state index < -0.39 is 0 Å². The average molecular weight is 475 g/mol. The van der Waals surface area contributed by atoms with Crippen molar-refractivity contribution in [2.24, 2.45) is 23.7 Å². The maximum absolute atomic E-state index is 4.65. The fraction of sp³-hybridized carbons (Fsp3) is 0.688. The molecule has 0 aliphatic heterocycles. The molecule has 0 saturated carbocycles. The first kappa shape index (κ1) is 39.5. The van der Waals surface area contributed by atoms with Crippen LogP contribution in [-0.2, 0) is 12.8 Å². The molecule has 0 fully saturated rings. The van der Waals surface area contributed by atoms with Gasteiger partial charge in [-0.2, -0.15) is 0 Å². The van der Waals surface area contributed by atoms with Gasteiger partial charge in [-0.25, -0.2) is 0 Å². The van der Waals surface area contributed by atoms with E-state index in [4.69, 9.17) is 0 Å². The quantitative estimate of drug-likeness (QED) is 0.416. The Morgan fingerprint density at radius 2 is 0.853 bits per heavy atom. The number of pyridine rings is 2. The van der Waals surface area contributed by atoms with Crippen molar-refractivity contribution in [2.45, 2.75) is 123 Å². The summed E-state index contributed by atoms with van der Waals surface area (Å²) < 4.78 is 0. The van der Waals surface area contributed by atoms with Gasteiger partial charge in [0.05, 0.1) is 0 Å². The van der Waals surface area contributed by atoms with Crippen molar-refractivity contribution in [1.29, 1.82) is 0 Å². The van der Waals surface area contributed by atoms with Crippen LogP contribution in [0, 0.1) is 23.7 Å². The number of aromatic nitrogens is 2. The fourth-order valence-corrected chi connectivity index (χ4v) is 1.91. The Hall–Kier alpha value is -1.70. The normalized spacial score (nSPS) is 9.24. The molecule has 0 radical (unpaired) electrons. The van der Waals surface area contributed by atoms with Crippen molar-refractivity contribution in [3.63, 3.8) is 0 Å². The summed E-state index contributed by atoms with van der Waals surface area (Å²) >= 11 is 0. The zero-order chi connectivity index (χ0) is 27.4. The van der Waals surface area contributed by atoms with Gasteiger partial charge in [0.2, 0.25) is 0 Å². The highest BCUT2D eigenvalue weighted by atomic mass is 14.7. The van der Waals surface area contributed by atoms with Crippen molar-refractivity contribution in [3.8, 4) is 0 Å². The lowest BCUT2D eigenvalue weighted by Crippen LogP contribution is -2.02. The molecule has 2 rings (SSSR count). The number of hydrogen-bond donors (Lipinski definition) is 0. The van der Waals surface area contributed by atoms with Gasteiger partial charge < -0.3 is 0 Å². The third-order valence-corrected chi connectivity index (χ3v) is 4.30. The van der Waals surface area contributed by atoms with E-state index in [0.717, 1.165) is 24.7 Å². The Bertz CT molecular complexity index is 515. The summed E-state index contributed by atoms with van der Waals surface area (Å²) in [6.45, 7) is 30.2. The number of hydrogen-bond acceptors (Lipinski definition) is 2. The number of nitrogens with zero attached hydrogens (tertiary/aromatic N) is 2. The molecule has 0 spiro atoms. The van der Waals surface area contributed by atoms with Crippen LogP contribution in [0.5, 0.6) is 0 Å². The maximum atomic E-state index is 4.65.